The van der Waals surface area contributed by atoms with Crippen LogP contribution in [0, 0.1) is 5.92 Å². The molecule has 1 fully saturated rings. The molecule has 0 bridgehead atoms. The molecule has 106 valence electrons. The molecule has 0 aromatic carbocycles. The lowest BCUT2D eigenvalue weighted by molar-refractivity contribution is 0.212. The highest BCUT2D eigenvalue weighted by molar-refractivity contribution is 5.76. The van der Waals surface area contributed by atoms with E-state index in [1.165, 1.54) is 0 Å². The van der Waals surface area contributed by atoms with Gasteiger partial charge in [0.05, 0.1) is 0 Å². The van der Waals surface area contributed by atoms with Gasteiger partial charge in [-0.05, 0) is 31.3 Å². The molecule has 1 heterocycles. The van der Waals surface area contributed by atoms with Crippen molar-refractivity contribution in [3.63, 3.8) is 0 Å². The minimum absolute atomic E-state index is 0.0423. The summed E-state index contributed by atoms with van der Waals surface area (Å²) < 4.78 is 0. The summed E-state index contributed by atoms with van der Waals surface area (Å²) in [4.78, 5) is 13.7. The first-order valence-corrected chi connectivity index (χ1v) is 7.16. The van der Waals surface area contributed by atoms with Crippen molar-refractivity contribution in [2.75, 3.05) is 13.1 Å². The Balaban J connectivity index is 2.37. The summed E-state index contributed by atoms with van der Waals surface area (Å²) in [6.07, 6.45) is 8.27. The number of carbonyl (C=O) groups is 1. The van der Waals surface area contributed by atoms with Crippen molar-refractivity contribution in [1.82, 2.24) is 10.2 Å². The number of carbonyl (C=O) groups excluding carboxylic acids is 1. The Labute approximate surface area is 117 Å². The monoisotopic (exact) mass is 262 g/mol. The van der Waals surface area contributed by atoms with Crippen molar-refractivity contribution in [2.24, 2.45) is 5.92 Å². The van der Waals surface area contributed by atoms with E-state index in [4.69, 9.17) is 0 Å². The van der Waals surface area contributed by atoms with Crippen LogP contribution in [0.4, 0.5) is 4.79 Å². The zero-order chi connectivity index (χ0) is 14.3. The minimum Gasteiger partial charge on any atom is -0.325 e. The molecule has 0 spiro atoms. The maximum absolute atomic E-state index is 11.8. The van der Waals surface area contributed by atoms with Gasteiger partial charge < -0.3 is 10.2 Å². The second-order valence-corrected chi connectivity index (χ2v) is 5.25. The van der Waals surface area contributed by atoms with E-state index in [-0.39, 0.29) is 6.03 Å². The Morgan fingerprint density at radius 2 is 1.95 bits per heavy atom. The Bertz CT molecular complexity index is 365. The van der Waals surface area contributed by atoms with Crippen molar-refractivity contribution in [3.8, 4) is 0 Å². The van der Waals surface area contributed by atoms with Gasteiger partial charge in [0.25, 0.3) is 0 Å². The summed E-state index contributed by atoms with van der Waals surface area (Å²) in [6, 6.07) is -0.0423. The molecule has 1 unspecified atom stereocenters. The first-order valence-electron chi connectivity index (χ1n) is 7.16. The van der Waals surface area contributed by atoms with Crippen LogP contribution in [0.25, 0.3) is 0 Å². The van der Waals surface area contributed by atoms with E-state index in [1.807, 2.05) is 17.1 Å². The van der Waals surface area contributed by atoms with Gasteiger partial charge in [0.15, 0.2) is 0 Å². The minimum atomic E-state index is -0.0423. The van der Waals surface area contributed by atoms with Crippen LogP contribution < -0.4 is 5.32 Å². The predicted octanol–water partition coefficient (Wildman–Crippen LogP) is 3.85. The predicted molar refractivity (Wildman–Crippen MR) is 80.8 cm³/mol. The van der Waals surface area contributed by atoms with E-state index in [9.17, 15) is 4.79 Å². The molecule has 1 saturated heterocycles. The summed E-state index contributed by atoms with van der Waals surface area (Å²) in [5, 5.41) is 2.81. The van der Waals surface area contributed by atoms with Crippen LogP contribution in [0.15, 0.2) is 36.6 Å². The zero-order valence-electron chi connectivity index (χ0n) is 12.2. The smallest absolute Gasteiger partial charge is 0.321 e. The lowest BCUT2D eigenvalue weighted by Crippen LogP contribution is -2.36. The van der Waals surface area contributed by atoms with Crippen molar-refractivity contribution < 1.29 is 4.79 Å². The van der Waals surface area contributed by atoms with Crippen LogP contribution in [0.3, 0.4) is 0 Å². The molecule has 1 rings (SSSR count). The number of hydrogen-bond acceptors (Lipinski definition) is 1. The maximum Gasteiger partial charge on any atom is 0.321 e. The van der Waals surface area contributed by atoms with Crippen molar-refractivity contribution >= 4 is 6.03 Å². The van der Waals surface area contributed by atoms with Gasteiger partial charge in [0, 0.05) is 18.8 Å². The second kappa shape index (κ2) is 7.82. The first kappa shape index (κ1) is 15.5. The molecule has 0 saturated carbocycles. The number of urea groups is 1. The van der Waals surface area contributed by atoms with Gasteiger partial charge in [-0.3, -0.25) is 0 Å². The average Bonchev–Trinajstić information content (AvgIpc) is 2.90. The second-order valence-electron chi connectivity index (χ2n) is 5.25. The summed E-state index contributed by atoms with van der Waals surface area (Å²) in [6.45, 7) is 13.9. The summed E-state index contributed by atoms with van der Waals surface area (Å²) in [5.74, 6) is 0.475. The summed E-state index contributed by atoms with van der Waals surface area (Å²) in [5.41, 5.74) is 1.71. The Kier molecular flexibility index (Phi) is 6.40. The molecular formula is C16H26N2O. The zero-order valence-corrected chi connectivity index (χ0v) is 12.2. The van der Waals surface area contributed by atoms with E-state index in [2.05, 4.69) is 32.3 Å². The molecule has 1 aliphatic heterocycles. The summed E-state index contributed by atoms with van der Waals surface area (Å²) in [7, 11) is 0. The van der Waals surface area contributed by atoms with Crippen molar-refractivity contribution in [3.05, 3.63) is 36.6 Å². The molecule has 3 nitrogen and oxygen atoms in total. The van der Waals surface area contributed by atoms with E-state index in [0.29, 0.717) is 11.6 Å². The van der Waals surface area contributed by atoms with Crippen LogP contribution >= 0.6 is 0 Å². The van der Waals surface area contributed by atoms with Gasteiger partial charge in [-0.2, -0.15) is 0 Å². The van der Waals surface area contributed by atoms with Crippen LogP contribution in [0.1, 0.15) is 39.5 Å². The van der Waals surface area contributed by atoms with Crippen LogP contribution in [-0.2, 0) is 0 Å². The van der Waals surface area contributed by atoms with Crippen LogP contribution in [-0.4, -0.2) is 24.0 Å². The standard InChI is InChI=1S/C16H26N2O/c1-5-8-13(2)14(3)9-10-15(4)17-16(19)18-11-6-7-12-18/h9-10,13H,3-8,11-12H2,1-2H3,(H,17,19)/b10-9-. The fraction of sp³-hybridized carbons (Fsp3) is 0.562. The van der Waals surface area contributed by atoms with E-state index < -0.39 is 0 Å². The number of likely N-dealkylation sites (tertiary alicyclic amines) is 1. The lowest BCUT2D eigenvalue weighted by atomic mass is 9.97. The summed E-state index contributed by atoms with van der Waals surface area (Å²) >= 11 is 0. The Hall–Kier alpha value is -1.51. The molecule has 1 aliphatic rings. The van der Waals surface area contributed by atoms with Crippen LogP contribution in [0.2, 0.25) is 0 Å². The first-order chi connectivity index (χ1) is 9.04. The highest BCUT2D eigenvalue weighted by atomic mass is 16.2. The van der Waals surface area contributed by atoms with Gasteiger partial charge in [-0.1, -0.05) is 45.1 Å². The third-order valence-corrected chi connectivity index (χ3v) is 3.51. The maximum atomic E-state index is 11.8. The third kappa shape index (κ3) is 5.33. The normalized spacial score (nSPS) is 16.6. The number of nitrogens with one attached hydrogen (secondary N) is 1. The third-order valence-electron chi connectivity index (χ3n) is 3.51. The number of hydrogen-bond donors (Lipinski definition) is 1. The fourth-order valence-electron chi connectivity index (χ4n) is 2.17. The molecule has 2 amide bonds. The van der Waals surface area contributed by atoms with Crippen molar-refractivity contribution in [2.45, 2.75) is 39.5 Å². The van der Waals surface area contributed by atoms with Gasteiger partial charge >= 0.3 is 6.03 Å². The van der Waals surface area contributed by atoms with Crippen molar-refractivity contribution in [1.29, 1.82) is 0 Å². The van der Waals surface area contributed by atoms with Gasteiger partial charge in [0.1, 0.15) is 0 Å². The average molecular weight is 262 g/mol. The molecule has 0 aliphatic carbocycles. The van der Waals surface area contributed by atoms with Gasteiger partial charge in [-0.15, -0.1) is 0 Å². The fourth-order valence-corrected chi connectivity index (χ4v) is 2.17. The highest BCUT2D eigenvalue weighted by Crippen LogP contribution is 2.16. The molecule has 1 N–H and O–H groups in total. The number of rotatable bonds is 6. The molecule has 19 heavy (non-hydrogen) atoms. The molecule has 0 aromatic heterocycles. The quantitative estimate of drug-likeness (QED) is 0.724. The highest BCUT2D eigenvalue weighted by Gasteiger charge is 2.17. The number of amides is 2. The molecule has 1 atom stereocenters. The van der Waals surface area contributed by atoms with E-state index in [0.717, 1.165) is 44.3 Å². The van der Waals surface area contributed by atoms with Gasteiger partial charge in [-0.25, -0.2) is 4.79 Å². The SMILES string of the molecule is C=C(/C=C\C(=C)C(C)CCC)NC(=O)N1CCCC1. The number of nitrogens with zero attached hydrogens (tertiary/aromatic N) is 1. The van der Waals surface area contributed by atoms with E-state index in [1.54, 1.807) is 0 Å². The van der Waals surface area contributed by atoms with Crippen LogP contribution in [0.5, 0.6) is 0 Å². The van der Waals surface area contributed by atoms with Gasteiger partial charge in [0.2, 0.25) is 0 Å². The Morgan fingerprint density at radius 3 is 2.53 bits per heavy atom. The lowest BCUT2D eigenvalue weighted by Gasteiger charge is -2.16. The Morgan fingerprint density at radius 1 is 1.32 bits per heavy atom. The number of allylic oxidation sites excluding steroid dienone is 3. The largest absolute Gasteiger partial charge is 0.325 e. The molecule has 0 radical (unpaired) electrons. The van der Waals surface area contributed by atoms with E-state index >= 15 is 0 Å². The topological polar surface area (TPSA) is 32.3 Å². The molecule has 0 aromatic rings. The molecule has 3 heteroatoms. The molecular weight excluding hydrogens is 236 g/mol.